The fraction of sp³-hybridized carbons (Fsp3) is 0.489. The minimum Gasteiger partial charge on any atom is -0.453 e. The number of ether oxygens (including phenoxy) is 2. The maximum atomic E-state index is 14.1. The molecule has 0 radical (unpaired) electrons. The van der Waals surface area contributed by atoms with Crippen molar-refractivity contribution in [3.05, 3.63) is 66.6 Å². The number of methoxy groups -OCH3 is 1. The summed E-state index contributed by atoms with van der Waals surface area (Å²) in [4.78, 5) is 69.0. The van der Waals surface area contributed by atoms with Gasteiger partial charge in [-0.05, 0) is 83.3 Å². The molecule has 0 bridgehead atoms. The topological polar surface area (TPSA) is 169 Å². The summed E-state index contributed by atoms with van der Waals surface area (Å²) in [5, 5.41) is 8.53. The van der Waals surface area contributed by atoms with Crippen LogP contribution in [0.15, 0.2) is 65.8 Å². The van der Waals surface area contributed by atoms with Crippen molar-refractivity contribution >= 4 is 60.1 Å². The Morgan fingerprint density at radius 2 is 1.62 bits per heavy atom. The molecule has 2 aromatic heterocycles. The molecule has 0 saturated carbocycles. The fourth-order valence-electron chi connectivity index (χ4n) is 8.44. The minimum atomic E-state index is -1.35. The molecular formula is C47H63N9O7Si. The molecule has 2 fully saturated rings. The van der Waals surface area contributed by atoms with E-state index in [4.69, 9.17) is 24.3 Å². The standard InChI is InChI=1S/C47H63N9O7Si/c1-30(2)41(49-28-63-61-6)44(57)53-19-10-12-39(53)43-48-27-38(50-43)36-16-15-32-24-33(13-14-34(32)25-36)35-17-18-37-40(26-35)54(29-62-22-23-64(7,8)9)46(51-37)56-21-11-20-55(56)45(58)42(31(3)4)52-47(59)60-5/h13-18,24-28,30-31,39,41-42H,10-12,19-23,29H2,1-9H3,(H,48,50)(H,52,59)/b49-28-/t39-,41-,42-/m0/s1. The molecule has 2 N–H and O–H groups in total. The molecular weight excluding hydrogens is 831 g/mol. The molecule has 5 aromatic rings. The van der Waals surface area contributed by atoms with Crippen LogP contribution >= 0.6 is 0 Å². The third kappa shape index (κ3) is 10.3. The Bertz CT molecular complexity index is 2480. The van der Waals surface area contributed by atoms with E-state index in [1.165, 1.54) is 20.6 Å². The number of aromatic amines is 1. The van der Waals surface area contributed by atoms with Gasteiger partial charge in [0.05, 0.1) is 43.2 Å². The number of hydrogen-bond acceptors (Lipinski definition) is 11. The molecule has 3 aromatic carbocycles. The number of alkyl carbamates (subject to hydrolysis) is 1. The van der Waals surface area contributed by atoms with Gasteiger partial charge in [-0.2, -0.15) is 4.89 Å². The molecule has 3 amide bonds. The van der Waals surface area contributed by atoms with Crippen LogP contribution in [-0.4, -0.2) is 114 Å². The monoisotopic (exact) mass is 893 g/mol. The Morgan fingerprint density at radius 1 is 0.906 bits per heavy atom. The Kier molecular flexibility index (Phi) is 14.4. The van der Waals surface area contributed by atoms with Gasteiger partial charge in [-0.15, -0.1) is 0 Å². The lowest BCUT2D eigenvalue weighted by molar-refractivity contribution is -0.188. The lowest BCUT2D eigenvalue weighted by atomic mass is 9.99. The number of aromatic nitrogens is 4. The summed E-state index contributed by atoms with van der Waals surface area (Å²) < 4.78 is 13.3. The maximum absolute atomic E-state index is 14.1. The molecule has 0 aliphatic carbocycles. The highest BCUT2D eigenvalue weighted by Crippen LogP contribution is 2.36. The van der Waals surface area contributed by atoms with Crippen LogP contribution in [0.25, 0.3) is 44.2 Å². The maximum Gasteiger partial charge on any atom is 0.407 e. The molecule has 64 heavy (non-hydrogen) atoms. The number of hydrazine groups is 1. The number of rotatable bonds is 17. The van der Waals surface area contributed by atoms with Crippen molar-refractivity contribution in [2.75, 3.05) is 45.5 Å². The number of fused-ring (bicyclic) bond motifs is 2. The Hall–Kier alpha value is -5.78. The van der Waals surface area contributed by atoms with Gasteiger partial charge < -0.3 is 29.6 Å². The summed E-state index contributed by atoms with van der Waals surface area (Å²) in [5.41, 5.74) is 5.64. The highest BCUT2D eigenvalue weighted by molar-refractivity contribution is 6.76. The lowest BCUT2D eigenvalue weighted by Crippen LogP contribution is -2.54. The van der Waals surface area contributed by atoms with E-state index in [1.807, 2.05) is 49.9 Å². The zero-order valence-corrected chi connectivity index (χ0v) is 39.6. The molecule has 3 atom stereocenters. The average Bonchev–Trinajstić information content (AvgIpc) is 4.11. The summed E-state index contributed by atoms with van der Waals surface area (Å²) in [5.74, 6) is 0.924. The van der Waals surface area contributed by atoms with Crippen molar-refractivity contribution in [3.8, 4) is 22.4 Å². The van der Waals surface area contributed by atoms with E-state index in [0.29, 0.717) is 32.2 Å². The molecule has 0 spiro atoms. The van der Waals surface area contributed by atoms with Crippen LogP contribution in [-0.2, 0) is 35.6 Å². The molecule has 0 unspecified atom stereocenters. The quantitative estimate of drug-likeness (QED) is 0.0232. The molecule has 7 rings (SSSR count). The number of anilines is 1. The zero-order chi connectivity index (χ0) is 45.7. The second-order valence-corrected chi connectivity index (χ2v) is 24.2. The van der Waals surface area contributed by atoms with Crippen molar-refractivity contribution in [3.63, 3.8) is 0 Å². The number of nitrogens with one attached hydrogen (secondary N) is 2. The van der Waals surface area contributed by atoms with Crippen LogP contribution in [0.5, 0.6) is 0 Å². The smallest absolute Gasteiger partial charge is 0.407 e. The van der Waals surface area contributed by atoms with Crippen LogP contribution < -0.4 is 10.3 Å². The minimum absolute atomic E-state index is 0.0215. The van der Waals surface area contributed by atoms with Crippen LogP contribution in [0.2, 0.25) is 25.7 Å². The predicted octanol–water partition coefficient (Wildman–Crippen LogP) is 8.19. The first-order valence-corrected chi connectivity index (χ1v) is 26.0. The van der Waals surface area contributed by atoms with Crippen molar-refractivity contribution in [1.82, 2.24) is 34.7 Å². The number of aliphatic imine (C=N–C) groups is 1. The van der Waals surface area contributed by atoms with E-state index in [-0.39, 0.29) is 36.4 Å². The van der Waals surface area contributed by atoms with Crippen LogP contribution in [0, 0.1) is 11.8 Å². The van der Waals surface area contributed by atoms with Gasteiger partial charge in [0.25, 0.3) is 5.91 Å². The SMILES string of the molecule is COO/C=N\[C@H](C(=O)N1CCC[C@H]1c1ncc(-c2ccc3cc(-c4ccc5nc(N6CCCN6C(=O)[C@@H](NC(=O)OC)C(C)C)n(COCC[Si](C)(C)C)c5c4)ccc3c2)[nH]1)C(C)C. The zero-order valence-electron chi connectivity index (χ0n) is 38.6. The van der Waals surface area contributed by atoms with Gasteiger partial charge in [0.15, 0.2) is 0 Å². The molecule has 2 saturated heterocycles. The fourth-order valence-corrected chi connectivity index (χ4v) is 9.20. The number of amides is 3. The summed E-state index contributed by atoms with van der Waals surface area (Å²) in [6.07, 6.45) is 4.83. The van der Waals surface area contributed by atoms with E-state index in [9.17, 15) is 14.4 Å². The molecule has 4 heterocycles. The van der Waals surface area contributed by atoms with Crippen LogP contribution in [0.4, 0.5) is 10.7 Å². The molecule has 2 aliphatic heterocycles. The number of imidazole rings is 2. The molecule has 16 nitrogen and oxygen atoms in total. The highest BCUT2D eigenvalue weighted by Gasteiger charge is 2.38. The van der Waals surface area contributed by atoms with E-state index >= 15 is 0 Å². The summed E-state index contributed by atoms with van der Waals surface area (Å²) in [6.45, 7) is 17.4. The van der Waals surface area contributed by atoms with Crippen molar-refractivity contribution in [1.29, 1.82) is 0 Å². The lowest BCUT2D eigenvalue weighted by Gasteiger charge is -2.33. The van der Waals surface area contributed by atoms with Crippen molar-refractivity contribution in [2.45, 2.75) is 97.5 Å². The Labute approximate surface area is 376 Å². The van der Waals surface area contributed by atoms with Gasteiger partial charge >= 0.3 is 6.09 Å². The largest absolute Gasteiger partial charge is 0.453 e. The number of benzene rings is 3. The van der Waals surface area contributed by atoms with E-state index in [0.717, 1.165) is 75.3 Å². The van der Waals surface area contributed by atoms with Crippen LogP contribution in [0.3, 0.4) is 0 Å². The number of likely N-dealkylation sites (tertiary alicyclic amines) is 1. The summed E-state index contributed by atoms with van der Waals surface area (Å²) >= 11 is 0. The number of nitrogens with zero attached hydrogens (tertiary/aromatic N) is 7. The molecule has 17 heteroatoms. The second-order valence-electron chi connectivity index (χ2n) is 18.5. The second kappa shape index (κ2) is 19.9. The predicted molar refractivity (Wildman–Crippen MR) is 251 cm³/mol. The van der Waals surface area contributed by atoms with E-state index < -0.39 is 26.3 Å². The number of H-pyrrole nitrogens is 1. The van der Waals surface area contributed by atoms with Gasteiger partial charge in [0.2, 0.25) is 18.3 Å². The first kappa shape index (κ1) is 46.2. The average molecular weight is 894 g/mol. The van der Waals surface area contributed by atoms with Crippen LogP contribution in [0.1, 0.15) is 58.8 Å². The van der Waals surface area contributed by atoms with Crippen molar-refractivity contribution < 1.29 is 33.6 Å². The van der Waals surface area contributed by atoms with Gasteiger partial charge in [0.1, 0.15) is 24.6 Å². The van der Waals surface area contributed by atoms with Crippen molar-refractivity contribution in [2.24, 2.45) is 16.8 Å². The Morgan fingerprint density at radius 3 is 2.33 bits per heavy atom. The van der Waals surface area contributed by atoms with Gasteiger partial charge in [-0.1, -0.05) is 77.7 Å². The number of carbonyl (C=O) groups is 3. The number of hydrogen-bond donors (Lipinski definition) is 2. The van der Waals surface area contributed by atoms with E-state index in [2.05, 4.69) is 92.9 Å². The Balaban J connectivity index is 1.14. The highest BCUT2D eigenvalue weighted by atomic mass is 28.3. The summed E-state index contributed by atoms with van der Waals surface area (Å²) in [7, 11) is 1.35. The first-order chi connectivity index (χ1) is 30.7. The van der Waals surface area contributed by atoms with E-state index in [1.54, 1.807) is 5.01 Å². The summed E-state index contributed by atoms with van der Waals surface area (Å²) in [6, 6.07) is 18.6. The van der Waals surface area contributed by atoms with Gasteiger partial charge in [-0.3, -0.25) is 19.2 Å². The van der Waals surface area contributed by atoms with Gasteiger partial charge in [0, 0.05) is 39.9 Å². The third-order valence-electron chi connectivity index (χ3n) is 12.0. The first-order valence-electron chi connectivity index (χ1n) is 22.3. The molecule has 342 valence electrons. The molecule has 2 aliphatic rings. The third-order valence-corrected chi connectivity index (χ3v) is 13.7. The normalized spacial score (nSPS) is 16.8. The number of carbonyl (C=O) groups excluding carboxylic acids is 3. The van der Waals surface area contributed by atoms with Gasteiger partial charge in [-0.25, -0.2) is 24.8 Å².